The highest BCUT2D eigenvalue weighted by Crippen LogP contribution is 2.27. The first-order chi connectivity index (χ1) is 13.1. The first-order valence-electron chi connectivity index (χ1n) is 8.30. The van der Waals surface area contributed by atoms with Crippen molar-refractivity contribution in [3.63, 3.8) is 0 Å². The summed E-state index contributed by atoms with van der Waals surface area (Å²) in [5.74, 6) is -1.05. The molecule has 0 aliphatic carbocycles. The van der Waals surface area contributed by atoms with Gasteiger partial charge in [-0.1, -0.05) is 42.5 Å². The van der Waals surface area contributed by atoms with E-state index in [1.54, 1.807) is 6.07 Å². The molecule has 0 aliphatic rings. The molecule has 0 saturated carbocycles. The van der Waals surface area contributed by atoms with E-state index in [4.69, 9.17) is 9.47 Å². The molecule has 0 radical (unpaired) electrons. The fourth-order valence-electron chi connectivity index (χ4n) is 2.66. The minimum absolute atomic E-state index is 0.0171. The monoisotopic (exact) mass is 362 g/mol. The molecule has 136 valence electrons. The predicted molar refractivity (Wildman–Crippen MR) is 101 cm³/mol. The topological polar surface area (TPSA) is 72.8 Å². The number of carboxylic acids is 1. The van der Waals surface area contributed by atoms with E-state index in [9.17, 15) is 14.7 Å². The number of carbonyl (C=O) groups is 2. The molecule has 0 aliphatic heterocycles. The van der Waals surface area contributed by atoms with Gasteiger partial charge in [0.1, 0.15) is 12.4 Å². The third-order valence-electron chi connectivity index (χ3n) is 4.02. The number of hydrogen-bond donors (Lipinski definition) is 1. The Morgan fingerprint density at radius 2 is 1.59 bits per heavy atom. The van der Waals surface area contributed by atoms with Crippen molar-refractivity contribution in [2.75, 3.05) is 7.11 Å². The summed E-state index contributed by atoms with van der Waals surface area (Å²) in [6.07, 6.45) is 0. The lowest BCUT2D eigenvalue weighted by Crippen LogP contribution is -2.05. The lowest BCUT2D eigenvalue weighted by atomic mass is 9.99. The number of carboxylic acid groups (broad SMARTS) is 1. The van der Waals surface area contributed by atoms with Crippen LogP contribution in [0.25, 0.3) is 11.1 Å². The number of esters is 1. The van der Waals surface area contributed by atoms with Gasteiger partial charge in [-0.2, -0.15) is 0 Å². The fraction of sp³-hybridized carbons (Fsp3) is 0.0909. The number of methoxy groups -OCH3 is 1. The normalized spacial score (nSPS) is 10.3. The molecule has 0 amide bonds. The van der Waals surface area contributed by atoms with Gasteiger partial charge in [0.2, 0.25) is 0 Å². The Hall–Kier alpha value is -3.60. The lowest BCUT2D eigenvalue weighted by Gasteiger charge is -2.10. The summed E-state index contributed by atoms with van der Waals surface area (Å²) in [4.78, 5) is 23.3. The Morgan fingerprint density at radius 3 is 2.30 bits per heavy atom. The molecule has 0 unspecified atom stereocenters. The van der Waals surface area contributed by atoms with Crippen molar-refractivity contribution in [3.05, 3.63) is 89.5 Å². The predicted octanol–water partition coefficient (Wildman–Crippen LogP) is 4.42. The Morgan fingerprint density at radius 1 is 0.852 bits per heavy atom. The van der Waals surface area contributed by atoms with Crippen LogP contribution in [0.1, 0.15) is 26.3 Å². The van der Waals surface area contributed by atoms with Crippen LogP contribution in [0.5, 0.6) is 5.75 Å². The van der Waals surface area contributed by atoms with Crippen LogP contribution in [0.15, 0.2) is 72.8 Å². The maximum Gasteiger partial charge on any atom is 0.337 e. The Balaban J connectivity index is 1.90. The standard InChI is InChI=1S/C22H18O5/c1-26-22(25)19-11-17(10-18(12-19)21(23)24)16-8-5-9-20(13-16)27-14-15-6-3-2-4-7-15/h2-13H,14H2,1H3,(H,23,24). The molecule has 3 aromatic carbocycles. The third-order valence-corrected chi connectivity index (χ3v) is 4.02. The number of rotatable bonds is 6. The summed E-state index contributed by atoms with van der Waals surface area (Å²) in [7, 11) is 1.26. The quantitative estimate of drug-likeness (QED) is 0.657. The smallest absolute Gasteiger partial charge is 0.337 e. The fourth-order valence-corrected chi connectivity index (χ4v) is 2.66. The van der Waals surface area contributed by atoms with Gasteiger partial charge in [-0.3, -0.25) is 0 Å². The molecular formula is C22H18O5. The van der Waals surface area contributed by atoms with Gasteiger partial charge in [0, 0.05) is 0 Å². The third kappa shape index (κ3) is 4.52. The number of hydrogen-bond acceptors (Lipinski definition) is 4. The molecule has 0 saturated heterocycles. The lowest BCUT2D eigenvalue weighted by molar-refractivity contribution is 0.0601. The van der Waals surface area contributed by atoms with Crippen molar-refractivity contribution < 1.29 is 24.2 Å². The molecule has 0 aromatic heterocycles. The molecule has 0 fully saturated rings. The zero-order valence-corrected chi connectivity index (χ0v) is 14.7. The van der Waals surface area contributed by atoms with Crippen LogP contribution in [0, 0.1) is 0 Å². The molecule has 5 heteroatoms. The van der Waals surface area contributed by atoms with Crippen LogP contribution in [0.2, 0.25) is 0 Å². The highest BCUT2D eigenvalue weighted by Gasteiger charge is 2.14. The van der Waals surface area contributed by atoms with Crippen LogP contribution in [-0.4, -0.2) is 24.2 Å². The molecule has 5 nitrogen and oxygen atoms in total. The van der Waals surface area contributed by atoms with Crippen LogP contribution in [0.3, 0.4) is 0 Å². The van der Waals surface area contributed by atoms with Crippen molar-refractivity contribution in [2.45, 2.75) is 6.61 Å². The van der Waals surface area contributed by atoms with Gasteiger partial charge in [-0.15, -0.1) is 0 Å². The average molecular weight is 362 g/mol. The number of benzene rings is 3. The highest BCUT2D eigenvalue weighted by atomic mass is 16.5. The molecular weight excluding hydrogens is 344 g/mol. The van der Waals surface area contributed by atoms with Crippen molar-refractivity contribution in [3.8, 4) is 16.9 Å². The largest absolute Gasteiger partial charge is 0.489 e. The van der Waals surface area contributed by atoms with Crippen molar-refractivity contribution in [1.29, 1.82) is 0 Å². The summed E-state index contributed by atoms with van der Waals surface area (Å²) in [5.41, 5.74) is 2.59. The molecule has 0 atom stereocenters. The molecule has 27 heavy (non-hydrogen) atoms. The zero-order valence-electron chi connectivity index (χ0n) is 14.7. The van der Waals surface area contributed by atoms with E-state index < -0.39 is 11.9 Å². The second-order valence-electron chi connectivity index (χ2n) is 5.90. The summed E-state index contributed by atoms with van der Waals surface area (Å²) in [6.45, 7) is 0.423. The SMILES string of the molecule is COC(=O)c1cc(C(=O)O)cc(-c2cccc(OCc3ccccc3)c2)c1. The number of carbonyl (C=O) groups excluding carboxylic acids is 1. The van der Waals surface area contributed by atoms with E-state index in [0.717, 1.165) is 11.1 Å². The van der Waals surface area contributed by atoms with Gasteiger partial charge < -0.3 is 14.6 Å². The molecule has 1 N–H and O–H groups in total. The molecule has 0 spiro atoms. The van der Waals surface area contributed by atoms with E-state index in [-0.39, 0.29) is 11.1 Å². The summed E-state index contributed by atoms with van der Waals surface area (Å²) >= 11 is 0. The second kappa shape index (κ2) is 8.19. The van der Waals surface area contributed by atoms with Crippen LogP contribution < -0.4 is 4.74 Å². The van der Waals surface area contributed by atoms with Gasteiger partial charge in [0.05, 0.1) is 18.2 Å². The summed E-state index contributed by atoms with van der Waals surface area (Å²) in [5, 5.41) is 9.32. The second-order valence-corrected chi connectivity index (χ2v) is 5.90. The molecule has 0 heterocycles. The van der Waals surface area contributed by atoms with E-state index in [1.165, 1.54) is 19.2 Å². The van der Waals surface area contributed by atoms with Crippen molar-refractivity contribution >= 4 is 11.9 Å². The van der Waals surface area contributed by atoms with Crippen LogP contribution >= 0.6 is 0 Å². The Labute approximate surface area is 156 Å². The van der Waals surface area contributed by atoms with E-state index in [1.807, 2.05) is 54.6 Å². The van der Waals surface area contributed by atoms with Crippen LogP contribution in [-0.2, 0) is 11.3 Å². The van der Waals surface area contributed by atoms with Crippen molar-refractivity contribution in [1.82, 2.24) is 0 Å². The average Bonchev–Trinajstić information content (AvgIpc) is 2.72. The molecule has 0 bridgehead atoms. The first-order valence-corrected chi connectivity index (χ1v) is 8.30. The summed E-state index contributed by atoms with van der Waals surface area (Å²) in [6, 6.07) is 21.5. The summed E-state index contributed by atoms with van der Waals surface area (Å²) < 4.78 is 10.5. The van der Waals surface area contributed by atoms with Gasteiger partial charge in [-0.25, -0.2) is 9.59 Å². The Kier molecular flexibility index (Phi) is 5.52. The maximum atomic E-state index is 11.9. The molecule has 3 rings (SSSR count). The van der Waals surface area contributed by atoms with Gasteiger partial charge in [0.15, 0.2) is 0 Å². The highest BCUT2D eigenvalue weighted by molar-refractivity contribution is 5.96. The Bertz CT molecular complexity index is 963. The van der Waals surface area contributed by atoms with Crippen LogP contribution in [0.4, 0.5) is 0 Å². The van der Waals surface area contributed by atoms with Crippen molar-refractivity contribution in [2.24, 2.45) is 0 Å². The van der Waals surface area contributed by atoms with E-state index in [2.05, 4.69) is 0 Å². The van der Waals surface area contributed by atoms with Gasteiger partial charge >= 0.3 is 11.9 Å². The first kappa shape index (κ1) is 18.2. The maximum absolute atomic E-state index is 11.9. The van der Waals surface area contributed by atoms with E-state index in [0.29, 0.717) is 17.9 Å². The number of ether oxygens (including phenoxy) is 2. The molecule has 3 aromatic rings. The minimum atomic E-state index is -1.11. The minimum Gasteiger partial charge on any atom is -0.489 e. The number of aromatic carboxylic acids is 1. The van der Waals surface area contributed by atoms with E-state index >= 15 is 0 Å². The zero-order chi connectivity index (χ0) is 19.2. The van der Waals surface area contributed by atoms with Gasteiger partial charge in [0.25, 0.3) is 0 Å². The van der Waals surface area contributed by atoms with Gasteiger partial charge in [-0.05, 0) is 47.0 Å².